The molecular formula is C52H31N5O. The standard InChI is InChI=1S/C52H31N5O/c53-32-33-22-24-34(25-23-33)37-26-28-46-43(30-37)40-16-7-9-20-45(40)57(46)47-29-27-38(39-18-11-19-42-41-17-8-10-21-48(41)58-49(39)42)31-44(47)52-55-50(35-12-3-1-4-13-35)54-51(56-52)36-14-5-2-6-15-36/h1-31H. The number of hydrogen-bond acceptors (Lipinski definition) is 5. The molecule has 11 rings (SSSR count). The number of fused-ring (bicyclic) bond motifs is 6. The zero-order valence-electron chi connectivity index (χ0n) is 31.0. The van der Waals surface area contributed by atoms with Gasteiger partial charge in [-0.1, -0.05) is 140 Å². The van der Waals surface area contributed by atoms with E-state index in [9.17, 15) is 5.26 Å². The van der Waals surface area contributed by atoms with Gasteiger partial charge in [-0.2, -0.15) is 5.26 Å². The summed E-state index contributed by atoms with van der Waals surface area (Å²) in [5.41, 5.74) is 12.1. The normalized spacial score (nSPS) is 11.4. The van der Waals surface area contributed by atoms with Gasteiger partial charge in [0.2, 0.25) is 0 Å². The van der Waals surface area contributed by atoms with E-state index in [1.807, 2.05) is 103 Å². The summed E-state index contributed by atoms with van der Waals surface area (Å²) in [6, 6.07) is 66.3. The highest BCUT2D eigenvalue weighted by atomic mass is 16.3. The summed E-state index contributed by atoms with van der Waals surface area (Å²) >= 11 is 0. The first-order chi connectivity index (χ1) is 28.7. The molecule has 0 fully saturated rings. The van der Waals surface area contributed by atoms with E-state index in [0.717, 1.165) is 88.4 Å². The lowest BCUT2D eigenvalue weighted by Crippen LogP contribution is -2.04. The van der Waals surface area contributed by atoms with Crippen molar-refractivity contribution in [3.63, 3.8) is 0 Å². The van der Waals surface area contributed by atoms with E-state index in [0.29, 0.717) is 23.0 Å². The van der Waals surface area contributed by atoms with Crippen LogP contribution in [0.25, 0.3) is 106 Å². The van der Waals surface area contributed by atoms with Crippen LogP contribution in [0.4, 0.5) is 0 Å². The van der Waals surface area contributed by atoms with Gasteiger partial charge >= 0.3 is 0 Å². The third-order valence-electron chi connectivity index (χ3n) is 10.9. The molecule has 0 radical (unpaired) electrons. The topological polar surface area (TPSA) is 80.5 Å². The van der Waals surface area contributed by atoms with E-state index in [4.69, 9.17) is 19.4 Å². The molecule has 0 saturated carbocycles. The smallest absolute Gasteiger partial charge is 0.166 e. The highest BCUT2D eigenvalue weighted by molar-refractivity contribution is 6.12. The lowest BCUT2D eigenvalue weighted by Gasteiger charge is -2.16. The fourth-order valence-electron chi connectivity index (χ4n) is 8.13. The number of furan rings is 1. The van der Waals surface area contributed by atoms with Crippen LogP contribution in [0.3, 0.4) is 0 Å². The predicted octanol–water partition coefficient (Wildman–Crippen LogP) is 13.1. The zero-order chi connectivity index (χ0) is 38.6. The monoisotopic (exact) mass is 741 g/mol. The summed E-state index contributed by atoms with van der Waals surface area (Å²) in [5, 5.41) is 13.8. The van der Waals surface area contributed by atoms with Gasteiger partial charge < -0.3 is 8.98 Å². The molecule has 0 N–H and O–H groups in total. The van der Waals surface area contributed by atoms with Crippen molar-refractivity contribution in [2.24, 2.45) is 0 Å². The van der Waals surface area contributed by atoms with Crippen LogP contribution in [0.2, 0.25) is 0 Å². The Labute approximate surface area is 333 Å². The first kappa shape index (κ1) is 33.2. The first-order valence-electron chi connectivity index (χ1n) is 19.2. The van der Waals surface area contributed by atoms with E-state index < -0.39 is 0 Å². The largest absolute Gasteiger partial charge is 0.455 e. The molecular weight excluding hydrogens is 711 g/mol. The fourth-order valence-corrected chi connectivity index (χ4v) is 8.13. The molecule has 3 heterocycles. The van der Waals surface area contributed by atoms with Crippen LogP contribution in [-0.4, -0.2) is 19.5 Å². The Morgan fingerprint density at radius 2 is 1.02 bits per heavy atom. The van der Waals surface area contributed by atoms with Crippen molar-refractivity contribution < 1.29 is 4.42 Å². The van der Waals surface area contributed by atoms with Crippen molar-refractivity contribution in [3.8, 4) is 68.2 Å². The predicted molar refractivity (Wildman–Crippen MR) is 233 cm³/mol. The summed E-state index contributed by atoms with van der Waals surface area (Å²) in [4.78, 5) is 15.5. The maximum atomic E-state index is 9.41. The SMILES string of the molecule is N#Cc1ccc(-c2ccc3c(c2)c2ccccc2n3-c2ccc(-c3cccc4c3oc3ccccc34)cc2-c2nc(-c3ccccc3)nc(-c3ccccc3)n2)cc1. The molecule has 6 heteroatoms. The second kappa shape index (κ2) is 13.6. The molecule has 0 unspecified atom stereocenters. The molecule has 0 aliphatic carbocycles. The van der Waals surface area contributed by atoms with E-state index in [1.54, 1.807) is 0 Å². The molecule has 0 aliphatic heterocycles. The van der Waals surface area contributed by atoms with Gasteiger partial charge in [-0.3, -0.25) is 0 Å². The Kier molecular flexibility index (Phi) is 7.76. The van der Waals surface area contributed by atoms with Crippen LogP contribution in [0.1, 0.15) is 5.56 Å². The molecule has 6 nitrogen and oxygen atoms in total. The molecule has 0 bridgehead atoms. The zero-order valence-corrected chi connectivity index (χ0v) is 31.0. The average molecular weight is 742 g/mol. The Balaban J connectivity index is 1.20. The van der Waals surface area contributed by atoms with Crippen molar-refractivity contribution in [2.45, 2.75) is 0 Å². The van der Waals surface area contributed by atoms with Gasteiger partial charge in [0, 0.05) is 43.8 Å². The molecule has 0 aliphatic rings. The Morgan fingerprint density at radius 1 is 0.414 bits per heavy atom. The van der Waals surface area contributed by atoms with Gasteiger partial charge in [0.05, 0.1) is 28.4 Å². The number of benzene rings is 8. The summed E-state index contributed by atoms with van der Waals surface area (Å²) in [6.07, 6.45) is 0. The van der Waals surface area contributed by atoms with E-state index in [2.05, 4.69) is 95.6 Å². The van der Waals surface area contributed by atoms with Gasteiger partial charge in [0.25, 0.3) is 0 Å². The quantitative estimate of drug-likeness (QED) is 0.169. The summed E-state index contributed by atoms with van der Waals surface area (Å²) < 4.78 is 8.88. The summed E-state index contributed by atoms with van der Waals surface area (Å²) in [7, 11) is 0. The molecule has 0 amide bonds. The van der Waals surface area contributed by atoms with Gasteiger partial charge in [-0.25, -0.2) is 15.0 Å². The average Bonchev–Trinajstić information content (AvgIpc) is 3.85. The molecule has 8 aromatic carbocycles. The molecule has 0 spiro atoms. The van der Waals surface area contributed by atoms with Gasteiger partial charge in [-0.15, -0.1) is 0 Å². The number of nitriles is 1. The molecule has 11 aromatic rings. The Bertz CT molecular complexity index is 3340. The number of hydrogen-bond donors (Lipinski definition) is 0. The van der Waals surface area contributed by atoms with Crippen molar-refractivity contribution in [3.05, 3.63) is 194 Å². The highest BCUT2D eigenvalue weighted by Crippen LogP contribution is 2.41. The number of aromatic nitrogens is 4. The van der Waals surface area contributed by atoms with Crippen molar-refractivity contribution >= 4 is 43.7 Å². The van der Waals surface area contributed by atoms with Crippen LogP contribution in [-0.2, 0) is 0 Å². The Hall–Kier alpha value is -8.14. The van der Waals surface area contributed by atoms with E-state index in [1.165, 1.54) is 0 Å². The summed E-state index contributed by atoms with van der Waals surface area (Å²) in [6.45, 7) is 0. The summed E-state index contributed by atoms with van der Waals surface area (Å²) in [5.74, 6) is 1.74. The third-order valence-corrected chi connectivity index (χ3v) is 10.9. The van der Waals surface area contributed by atoms with Crippen LogP contribution < -0.4 is 0 Å². The minimum Gasteiger partial charge on any atom is -0.455 e. The minimum atomic E-state index is 0.557. The van der Waals surface area contributed by atoms with Crippen LogP contribution >= 0.6 is 0 Å². The second-order valence-electron chi connectivity index (χ2n) is 14.3. The first-order valence-corrected chi connectivity index (χ1v) is 19.2. The minimum absolute atomic E-state index is 0.557. The third kappa shape index (κ3) is 5.53. The molecule has 58 heavy (non-hydrogen) atoms. The molecule has 0 saturated heterocycles. The fraction of sp³-hybridized carbons (Fsp3) is 0. The highest BCUT2D eigenvalue weighted by Gasteiger charge is 2.22. The van der Waals surface area contributed by atoms with Gasteiger partial charge in [0.1, 0.15) is 11.2 Å². The van der Waals surface area contributed by atoms with Crippen molar-refractivity contribution in [1.29, 1.82) is 5.26 Å². The maximum absolute atomic E-state index is 9.41. The number of para-hydroxylation sites is 3. The van der Waals surface area contributed by atoms with Gasteiger partial charge in [-0.05, 0) is 65.2 Å². The van der Waals surface area contributed by atoms with Crippen LogP contribution in [0, 0.1) is 11.3 Å². The lowest BCUT2D eigenvalue weighted by atomic mass is 9.98. The van der Waals surface area contributed by atoms with E-state index >= 15 is 0 Å². The lowest BCUT2D eigenvalue weighted by molar-refractivity contribution is 0.670. The van der Waals surface area contributed by atoms with Crippen LogP contribution in [0.5, 0.6) is 0 Å². The maximum Gasteiger partial charge on any atom is 0.166 e. The molecule has 270 valence electrons. The molecule has 3 aromatic heterocycles. The number of nitrogens with zero attached hydrogens (tertiary/aromatic N) is 5. The van der Waals surface area contributed by atoms with E-state index in [-0.39, 0.29) is 0 Å². The molecule has 0 atom stereocenters. The van der Waals surface area contributed by atoms with Crippen LogP contribution in [0.15, 0.2) is 192 Å². The van der Waals surface area contributed by atoms with Crippen molar-refractivity contribution in [2.75, 3.05) is 0 Å². The van der Waals surface area contributed by atoms with Crippen molar-refractivity contribution in [1.82, 2.24) is 19.5 Å². The van der Waals surface area contributed by atoms with Gasteiger partial charge in [0.15, 0.2) is 17.5 Å². The Morgan fingerprint density at radius 3 is 1.76 bits per heavy atom. The second-order valence-corrected chi connectivity index (χ2v) is 14.3. The number of rotatable bonds is 6.